The van der Waals surface area contributed by atoms with E-state index in [0.717, 1.165) is 32.5 Å². The number of aromatic nitrogens is 2. The highest BCUT2D eigenvalue weighted by molar-refractivity contribution is 5.80. The molecule has 3 aromatic rings. The van der Waals surface area contributed by atoms with Gasteiger partial charge in [-0.3, -0.25) is 13.9 Å². The molecule has 2 aromatic carbocycles. The lowest BCUT2D eigenvalue weighted by Crippen LogP contribution is -2.44. The first kappa shape index (κ1) is 26.7. The third-order valence-electron chi connectivity index (χ3n) is 6.95. The van der Waals surface area contributed by atoms with Gasteiger partial charge in [-0.1, -0.05) is 13.0 Å². The van der Waals surface area contributed by atoms with E-state index in [2.05, 4.69) is 11.8 Å². The van der Waals surface area contributed by atoms with Gasteiger partial charge in [0, 0.05) is 19.1 Å². The quantitative estimate of drug-likeness (QED) is 0.409. The van der Waals surface area contributed by atoms with Crippen LogP contribution >= 0.6 is 0 Å². The van der Waals surface area contributed by atoms with Crippen molar-refractivity contribution in [3.8, 4) is 17.2 Å². The van der Waals surface area contributed by atoms with Crippen molar-refractivity contribution < 1.29 is 23.0 Å². The van der Waals surface area contributed by atoms with E-state index in [1.165, 1.54) is 24.9 Å². The Balaban J connectivity index is 1.85. The number of hydrogen-bond acceptors (Lipinski definition) is 6. The number of benzene rings is 2. The lowest BCUT2D eigenvalue weighted by Gasteiger charge is -2.33. The summed E-state index contributed by atoms with van der Waals surface area (Å²) in [5, 5.41) is 0.256. The Morgan fingerprint density at radius 2 is 1.68 bits per heavy atom. The van der Waals surface area contributed by atoms with Gasteiger partial charge in [0.2, 0.25) is 0 Å². The molecular formula is C27H33F2N3O5. The molecule has 0 bridgehead atoms. The molecule has 0 amide bonds. The molecule has 0 atom stereocenters. The lowest BCUT2D eigenvalue weighted by atomic mass is 10.0. The first-order valence-electron chi connectivity index (χ1n) is 12.4. The Bertz CT molecular complexity index is 1340. The van der Waals surface area contributed by atoms with Crippen LogP contribution in [0.5, 0.6) is 17.2 Å². The predicted molar refractivity (Wildman–Crippen MR) is 138 cm³/mol. The smallest absolute Gasteiger partial charge is 0.332 e. The number of nitrogens with zero attached hydrogens (tertiary/aromatic N) is 3. The molecule has 0 saturated carbocycles. The Hall–Kier alpha value is -3.40. The Kier molecular flexibility index (Phi) is 8.48. The monoisotopic (exact) mass is 517 g/mol. The first-order valence-corrected chi connectivity index (χ1v) is 12.4. The van der Waals surface area contributed by atoms with Gasteiger partial charge in [0.25, 0.3) is 5.56 Å². The van der Waals surface area contributed by atoms with Gasteiger partial charge in [-0.25, -0.2) is 13.6 Å². The van der Waals surface area contributed by atoms with Crippen molar-refractivity contribution >= 4 is 10.9 Å². The number of fused-ring (bicyclic) bond motifs is 1. The van der Waals surface area contributed by atoms with E-state index in [9.17, 15) is 18.4 Å². The average molecular weight is 518 g/mol. The zero-order valence-corrected chi connectivity index (χ0v) is 21.4. The highest BCUT2D eigenvalue weighted by Crippen LogP contribution is 2.29. The highest BCUT2D eigenvalue weighted by atomic mass is 19.1. The molecule has 1 aliphatic rings. The molecule has 1 aliphatic heterocycles. The van der Waals surface area contributed by atoms with E-state index in [4.69, 9.17) is 14.2 Å². The van der Waals surface area contributed by atoms with E-state index in [-0.39, 0.29) is 23.7 Å². The minimum atomic E-state index is -1.25. The van der Waals surface area contributed by atoms with E-state index in [0.29, 0.717) is 22.6 Å². The third-order valence-corrected chi connectivity index (χ3v) is 6.95. The van der Waals surface area contributed by atoms with Gasteiger partial charge in [0.15, 0.2) is 17.6 Å². The number of halogens is 2. The molecule has 2 heterocycles. The second kappa shape index (κ2) is 11.8. The lowest BCUT2D eigenvalue weighted by molar-refractivity contribution is 0.134. The molecule has 0 unspecified atom stereocenters. The van der Waals surface area contributed by atoms with E-state index >= 15 is 0 Å². The zero-order chi connectivity index (χ0) is 26.5. The number of hydrogen-bond donors (Lipinski definition) is 0. The van der Waals surface area contributed by atoms with Crippen LogP contribution in [0.4, 0.5) is 8.78 Å². The molecule has 0 radical (unpaired) electrons. The van der Waals surface area contributed by atoms with E-state index in [1.54, 1.807) is 34.9 Å². The van der Waals surface area contributed by atoms with Crippen LogP contribution in [0.15, 0.2) is 46.0 Å². The molecule has 37 heavy (non-hydrogen) atoms. The van der Waals surface area contributed by atoms with Crippen molar-refractivity contribution in [1.82, 2.24) is 14.0 Å². The molecule has 8 nitrogen and oxygen atoms in total. The van der Waals surface area contributed by atoms with Crippen molar-refractivity contribution in [3.05, 3.63) is 62.8 Å². The second-order valence-corrected chi connectivity index (χ2v) is 9.13. The summed E-state index contributed by atoms with van der Waals surface area (Å²) in [5.74, 6) is 1.20. The van der Waals surface area contributed by atoms with Gasteiger partial charge in [0.05, 0.1) is 31.7 Å². The van der Waals surface area contributed by atoms with Crippen LogP contribution in [0.25, 0.3) is 10.9 Å². The third kappa shape index (κ3) is 5.49. The Morgan fingerprint density at radius 3 is 2.30 bits per heavy atom. The van der Waals surface area contributed by atoms with Crippen LogP contribution in [-0.4, -0.2) is 67.3 Å². The molecule has 200 valence electrons. The molecule has 0 spiro atoms. The number of alkyl halides is 2. The van der Waals surface area contributed by atoms with Crippen molar-refractivity contribution in [2.24, 2.45) is 0 Å². The largest absolute Gasteiger partial charge is 0.493 e. The molecular weight excluding hydrogens is 484 g/mol. The molecule has 4 rings (SSSR count). The summed E-state index contributed by atoms with van der Waals surface area (Å²) < 4.78 is 45.1. The number of piperidine rings is 1. The van der Waals surface area contributed by atoms with Crippen molar-refractivity contribution in [2.75, 3.05) is 47.2 Å². The molecule has 1 aromatic heterocycles. The van der Waals surface area contributed by atoms with Gasteiger partial charge in [-0.15, -0.1) is 0 Å². The zero-order valence-electron chi connectivity index (χ0n) is 21.4. The highest BCUT2D eigenvalue weighted by Gasteiger charge is 2.25. The SMILES string of the molecule is CCN1CCC(n2c(=O)n(Cc3ccc(OC)c(OC)c3)c(=O)c3cc(OC(CF)CF)ccc32)CC1. The standard InChI is InChI=1S/C27H33F2N3O5/c1-4-30-11-9-19(10-12-30)32-23-7-6-20(37-21(15-28)16-29)14-22(23)26(33)31(27(32)34)17-18-5-8-24(35-2)25(13-18)36-3/h5-8,13-14,19,21H,4,9-12,15-17H2,1-3H3. The average Bonchev–Trinajstić information content (AvgIpc) is 2.94. The van der Waals surface area contributed by atoms with E-state index < -0.39 is 30.7 Å². The maximum Gasteiger partial charge on any atom is 0.332 e. The summed E-state index contributed by atoms with van der Waals surface area (Å²) in [7, 11) is 3.05. The summed E-state index contributed by atoms with van der Waals surface area (Å²) >= 11 is 0. The van der Waals surface area contributed by atoms with Crippen molar-refractivity contribution in [3.63, 3.8) is 0 Å². The summed E-state index contributed by atoms with van der Waals surface area (Å²) in [6.45, 7) is 2.77. The fourth-order valence-electron chi connectivity index (χ4n) is 4.88. The van der Waals surface area contributed by atoms with Crippen molar-refractivity contribution in [1.29, 1.82) is 0 Å². The van der Waals surface area contributed by atoms with Gasteiger partial charge in [0.1, 0.15) is 19.1 Å². The molecule has 0 N–H and O–H groups in total. The number of rotatable bonds is 10. The molecule has 1 fully saturated rings. The first-order chi connectivity index (χ1) is 17.9. The molecule has 1 saturated heterocycles. The Morgan fingerprint density at radius 1 is 0.973 bits per heavy atom. The van der Waals surface area contributed by atoms with Gasteiger partial charge in [-0.05, 0) is 55.3 Å². The van der Waals surface area contributed by atoms with E-state index in [1.807, 2.05) is 0 Å². The number of likely N-dealkylation sites (tertiary alicyclic amines) is 1. The van der Waals surface area contributed by atoms with Gasteiger partial charge >= 0.3 is 5.69 Å². The fourth-order valence-corrected chi connectivity index (χ4v) is 4.88. The normalized spacial score (nSPS) is 14.9. The summed E-state index contributed by atoms with van der Waals surface area (Å²) in [4.78, 5) is 29.8. The maximum atomic E-state index is 13.8. The fraction of sp³-hybridized carbons (Fsp3) is 0.481. The van der Waals surface area contributed by atoms with Crippen LogP contribution in [0.3, 0.4) is 0 Å². The molecule has 10 heteroatoms. The second-order valence-electron chi connectivity index (χ2n) is 9.13. The molecule has 0 aliphatic carbocycles. The minimum absolute atomic E-state index is 0.0183. The minimum Gasteiger partial charge on any atom is -0.493 e. The number of ether oxygens (including phenoxy) is 3. The van der Waals surface area contributed by atoms with Crippen LogP contribution in [0.1, 0.15) is 31.4 Å². The van der Waals surface area contributed by atoms with Crippen LogP contribution in [0.2, 0.25) is 0 Å². The van der Waals surface area contributed by atoms with Gasteiger partial charge in [-0.2, -0.15) is 0 Å². The summed E-state index contributed by atoms with van der Waals surface area (Å²) in [6.07, 6.45) is 0.277. The predicted octanol–water partition coefficient (Wildman–Crippen LogP) is 3.57. The van der Waals surface area contributed by atoms with Crippen molar-refractivity contribution in [2.45, 2.75) is 38.5 Å². The van der Waals surface area contributed by atoms with Crippen LogP contribution in [-0.2, 0) is 6.54 Å². The number of methoxy groups -OCH3 is 2. The Labute approximate surface area is 214 Å². The van der Waals surface area contributed by atoms with Gasteiger partial charge < -0.3 is 19.1 Å². The summed E-state index contributed by atoms with van der Waals surface area (Å²) in [6, 6.07) is 9.78. The van der Waals surface area contributed by atoms with Crippen LogP contribution < -0.4 is 25.5 Å². The van der Waals surface area contributed by atoms with Crippen LogP contribution in [0, 0.1) is 0 Å². The maximum absolute atomic E-state index is 13.8. The topological polar surface area (TPSA) is 74.9 Å². The summed E-state index contributed by atoms with van der Waals surface area (Å²) in [5.41, 5.74) is 0.268.